The molecule has 0 N–H and O–H groups in total. The maximum atomic E-state index is 13.5. The Kier molecular flexibility index (Phi) is 6.03. The van der Waals surface area contributed by atoms with E-state index in [0.717, 1.165) is 43.5 Å². The van der Waals surface area contributed by atoms with Gasteiger partial charge in [0.1, 0.15) is 15.8 Å². The lowest BCUT2D eigenvalue weighted by atomic mass is 10.1. The van der Waals surface area contributed by atoms with E-state index < -0.39 is 0 Å². The van der Waals surface area contributed by atoms with Gasteiger partial charge in [-0.05, 0) is 49.5 Å². The minimum Gasteiger partial charge on any atom is -0.356 e. The number of carbonyl (C=O) groups is 1. The van der Waals surface area contributed by atoms with Gasteiger partial charge in [-0.2, -0.15) is 0 Å². The number of fused-ring (bicyclic) bond motifs is 1. The normalized spacial score (nSPS) is 17.7. The number of hydrogen-bond donors (Lipinski definition) is 0. The minimum absolute atomic E-state index is 0.151. The average Bonchev–Trinajstić information content (AvgIpc) is 3.44. The molecule has 8 heteroatoms. The van der Waals surface area contributed by atoms with Gasteiger partial charge in [0.25, 0.3) is 11.5 Å². The summed E-state index contributed by atoms with van der Waals surface area (Å²) in [7, 11) is 0. The first kappa shape index (κ1) is 21.9. The first-order valence-corrected chi connectivity index (χ1v) is 12.3. The predicted molar refractivity (Wildman–Crippen MR) is 138 cm³/mol. The number of hydrogen-bond acceptors (Lipinski definition) is 6. The molecule has 33 heavy (non-hydrogen) atoms. The van der Waals surface area contributed by atoms with Gasteiger partial charge in [0.2, 0.25) is 0 Å². The monoisotopic (exact) mass is 476 g/mol. The van der Waals surface area contributed by atoms with Crippen molar-refractivity contribution in [2.45, 2.75) is 26.2 Å². The number of pyridine rings is 1. The van der Waals surface area contributed by atoms with Crippen LogP contribution in [0.25, 0.3) is 11.7 Å². The quantitative estimate of drug-likeness (QED) is 0.409. The molecule has 0 unspecified atom stereocenters. The van der Waals surface area contributed by atoms with E-state index in [1.54, 1.807) is 21.6 Å². The summed E-state index contributed by atoms with van der Waals surface area (Å²) >= 11 is 6.77. The number of nitrogens with zero attached hydrogens (tertiary/aromatic N) is 4. The summed E-state index contributed by atoms with van der Waals surface area (Å²) in [5.74, 6) is 0.503. The van der Waals surface area contributed by atoms with Crippen LogP contribution in [0.15, 0.2) is 58.4 Å². The van der Waals surface area contributed by atoms with Gasteiger partial charge in [-0.1, -0.05) is 60.4 Å². The maximum absolute atomic E-state index is 13.5. The summed E-state index contributed by atoms with van der Waals surface area (Å²) in [5.41, 5.74) is 3.02. The number of benzene rings is 1. The standard InChI is InChI=1S/C25H24N4O2S2/c1-17-8-7-14-28-21(17)26-22(27-12-5-6-13-27)19(23(28)30)16-20-24(31)29(25(32)33-20)15-11-18-9-3-2-4-10-18/h2-4,7-10,14,16H,5-6,11-13,15H2,1H3/b20-16-. The molecule has 0 spiro atoms. The molecule has 0 radical (unpaired) electrons. The van der Waals surface area contributed by atoms with E-state index >= 15 is 0 Å². The van der Waals surface area contributed by atoms with Crippen molar-refractivity contribution in [3.63, 3.8) is 0 Å². The van der Waals surface area contributed by atoms with Crippen molar-refractivity contribution >= 4 is 51.7 Å². The maximum Gasteiger partial charge on any atom is 0.267 e. The highest BCUT2D eigenvalue weighted by Crippen LogP contribution is 2.34. The van der Waals surface area contributed by atoms with E-state index in [0.29, 0.717) is 32.8 Å². The summed E-state index contributed by atoms with van der Waals surface area (Å²) in [4.78, 5) is 35.8. The van der Waals surface area contributed by atoms with E-state index in [1.165, 1.54) is 11.8 Å². The van der Waals surface area contributed by atoms with Crippen LogP contribution in [0.5, 0.6) is 0 Å². The number of carbonyl (C=O) groups excluding carboxylic acids is 1. The van der Waals surface area contributed by atoms with Gasteiger partial charge in [-0.3, -0.25) is 18.9 Å². The fourth-order valence-corrected chi connectivity index (χ4v) is 5.60. The summed E-state index contributed by atoms with van der Waals surface area (Å²) in [6.07, 6.45) is 6.28. The Morgan fingerprint density at radius 3 is 2.61 bits per heavy atom. The molecule has 2 saturated heterocycles. The smallest absolute Gasteiger partial charge is 0.267 e. The van der Waals surface area contributed by atoms with Gasteiger partial charge in [0, 0.05) is 25.8 Å². The zero-order valence-electron chi connectivity index (χ0n) is 18.4. The fourth-order valence-electron chi connectivity index (χ4n) is 4.31. The molecule has 2 aromatic heterocycles. The van der Waals surface area contributed by atoms with Crippen molar-refractivity contribution in [1.29, 1.82) is 0 Å². The molecule has 168 valence electrons. The highest BCUT2D eigenvalue weighted by molar-refractivity contribution is 8.26. The molecule has 6 nitrogen and oxygen atoms in total. The molecule has 2 fully saturated rings. The molecule has 1 aromatic carbocycles. The summed E-state index contributed by atoms with van der Waals surface area (Å²) in [6, 6.07) is 13.8. The molecule has 0 aliphatic carbocycles. The van der Waals surface area contributed by atoms with E-state index in [-0.39, 0.29) is 11.5 Å². The molecule has 3 aromatic rings. The van der Waals surface area contributed by atoms with Crippen LogP contribution in [0.2, 0.25) is 0 Å². The molecule has 5 rings (SSSR count). The Hall–Kier alpha value is -2.97. The SMILES string of the molecule is Cc1cccn2c(=O)c(/C=C3\SC(=S)N(CCc4ccccc4)C3=O)c(N3CCCC3)nc12. The molecule has 1 amide bonds. The zero-order chi connectivity index (χ0) is 22.9. The summed E-state index contributed by atoms with van der Waals surface area (Å²) < 4.78 is 2.09. The number of rotatable bonds is 5. The van der Waals surface area contributed by atoms with Crippen LogP contribution < -0.4 is 10.5 Å². The molecule has 2 aliphatic heterocycles. The number of aromatic nitrogens is 2. The number of anilines is 1. The lowest BCUT2D eigenvalue weighted by Crippen LogP contribution is -2.30. The third kappa shape index (κ3) is 4.20. The third-order valence-electron chi connectivity index (χ3n) is 6.09. The molecule has 2 aliphatic rings. The van der Waals surface area contributed by atoms with Crippen molar-refractivity contribution in [1.82, 2.24) is 14.3 Å². The van der Waals surface area contributed by atoms with E-state index in [1.807, 2.05) is 49.4 Å². The van der Waals surface area contributed by atoms with Crippen LogP contribution in [0, 0.1) is 6.92 Å². The van der Waals surface area contributed by atoms with Crippen LogP contribution in [0.4, 0.5) is 5.82 Å². The average molecular weight is 477 g/mol. The number of thioether (sulfide) groups is 1. The molecular weight excluding hydrogens is 452 g/mol. The number of aryl methyl sites for hydroxylation is 1. The summed E-state index contributed by atoms with van der Waals surface area (Å²) in [6.45, 7) is 4.17. The zero-order valence-corrected chi connectivity index (χ0v) is 20.0. The van der Waals surface area contributed by atoms with Crippen LogP contribution >= 0.6 is 24.0 Å². The lowest BCUT2D eigenvalue weighted by molar-refractivity contribution is -0.122. The van der Waals surface area contributed by atoms with Gasteiger partial charge < -0.3 is 4.90 Å². The second-order valence-corrected chi connectivity index (χ2v) is 9.98. The Bertz CT molecular complexity index is 1330. The van der Waals surface area contributed by atoms with Gasteiger partial charge in [-0.25, -0.2) is 4.98 Å². The Balaban J connectivity index is 1.52. The lowest BCUT2D eigenvalue weighted by Gasteiger charge is -2.20. The Morgan fingerprint density at radius 1 is 1.09 bits per heavy atom. The predicted octanol–water partition coefficient (Wildman–Crippen LogP) is 4.05. The summed E-state index contributed by atoms with van der Waals surface area (Å²) in [5, 5.41) is 0. The highest BCUT2D eigenvalue weighted by atomic mass is 32.2. The molecule has 4 heterocycles. The molecule has 0 atom stereocenters. The van der Waals surface area contributed by atoms with E-state index in [4.69, 9.17) is 17.2 Å². The first-order valence-electron chi connectivity index (χ1n) is 11.1. The second kappa shape index (κ2) is 9.11. The van der Waals surface area contributed by atoms with Gasteiger partial charge >= 0.3 is 0 Å². The van der Waals surface area contributed by atoms with Crippen LogP contribution in [-0.2, 0) is 11.2 Å². The van der Waals surface area contributed by atoms with Crippen molar-refractivity contribution in [2.75, 3.05) is 24.5 Å². The van der Waals surface area contributed by atoms with Crippen LogP contribution in [0.1, 0.15) is 29.5 Å². The van der Waals surface area contributed by atoms with Crippen molar-refractivity contribution in [3.05, 3.63) is 80.6 Å². The van der Waals surface area contributed by atoms with Crippen molar-refractivity contribution in [3.8, 4) is 0 Å². The first-order chi connectivity index (χ1) is 16.0. The Morgan fingerprint density at radius 2 is 1.85 bits per heavy atom. The number of amides is 1. The Labute approximate surface area is 201 Å². The highest BCUT2D eigenvalue weighted by Gasteiger charge is 2.33. The largest absolute Gasteiger partial charge is 0.356 e. The topological polar surface area (TPSA) is 57.9 Å². The van der Waals surface area contributed by atoms with Crippen LogP contribution in [0.3, 0.4) is 0 Å². The van der Waals surface area contributed by atoms with Crippen molar-refractivity contribution in [2.24, 2.45) is 0 Å². The molecular formula is C25H24N4O2S2. The molecule has 0 bridgehead atoms. The van der Waals surface area contributed by atoms with E-state index in [2.05, 4.69) is 4.90 Å². The second-order valence-electron chi connectivity index (χ2n) is 8.30. The third-order valence-corrected chi connectivity index (χ3v) is 7.46. The van der Waals surface area contributed by atoms with Gasteiger partial charge in [0.05, 0.1) is 10.5 Å². The van der Waals surface area contributed by atoms with Crippen molar-refractivity contribution < 1.29 is 4.79 Å². The van der Waals surface area contributed by atoms with Gasteiger partial charge in [0.15, 0.2) is 0 Å². The number of thiocarbonyl (C=S) groups is 1. The van der Waals surface area contributed by atoms with E-state index in [9.17, 15) is 9.59 Å². The fraction of sp³-hybridized carbons (Fsp3) is 0.280. The van der Waals surface area contributed by atoms with Gasteiger partial charge in [-0.15, -0.1) is 0 Å². The minimum atomic E-state index is -0.167. The van der Waals surface area contributed by atoms with Crippen LogP contribution in [-0.4, -0.2) is 44.1 Å². The molecule has 0 saturated carbocycles.